The molecule has 1 heterocycles. The Labute approximate surface area is 64.1 Å². The summed E-state index contributed by atoms with van der Waals surface area (Å²) in [7, 11) is 0. The molecule has 0 atom stereocenters. The zero-order chi connectivity index (χ0) is 7.68. The Balaban J connectivity index is 2.32. The fraction of sp³-hybridized carbons (Fsp3) is 0.111. The fourth-order valence-corrected chi connectivity index (χ4v) is 0.982. The quantitative estimate of drug-likeness (QED) is 0.596. The summed E-state index contributed by atoms with van der Waals surface area (Å²) in [6.07, 6.45) is 1.97. The van der Waals surface area contributed by atoms with Gasteiger partial charge in [-0.25, -0.2) is 4.39 Å². The van der Waals surface area contributed by atoms with E-state index < -0.39 is 0 Å². The summed E-state index contributed by atoms with van der Waals surface area (Å²) in [5.74, 6) is 0.638. The molecule has 0 unspecified atom stereocenters. The maximum atomic E-state index is 12.4. The van der Waals surface area contributed by atoms with Crippen LogP contribution in [0.2, 0.25) is 0 Å². The van der Waals surface area contributed by atoms with Crippen LogP contribution in [0, 0.1) is 5.82 Å². The van der Waals surface area contributed by atoms with Crippen LogP contribution in [0.5, 0.6) is 0 Å². The molecular formula is C9H7FO. The summed E-state index contributed by atoms with van der Waals surface area (Å²) in [5.41, 5.74) is 0.942. The van der Waals surface area contributed by atoms with E-state index in [4.69, 9.17) is 4.74 Å². The second-order valence-electron chi connectivity index (χ2n) is 2.39. The van der Waals surface area contributed by atoms with Gasteiger partial charge in [0.05, 0.1) is 0 Å². The van der Waals surface area contributed by atoms with Gasteiger partial charge in [0.2, 0.25) is 0 Å². The molecule has 0 aliphatic carbocycles. The molecule has 0 aromatic heterocycles. The highest BCUT2D eigenvalue weighted by Gasteiger charge is 2.08. The maximum Gasteiger partial charge on any atom is 0.126 e. The van der Waals surface area contributed by atoms with Gasteiger partial charge in [0.25, 0.3) is 0 Å². The predicted octanol–water partition coefficient (Wildman–Crippen LogP) is 2.20. The molecule has 0 amide bonds. The Kier molecular flexibility index (Phi) is 1.39. The molecule has 1 nitrogen and oxygen atoms in total. The lowest BCUT2D eigenvalue weighted by Gasteiger charge is -2.16. The summed E-state index contributed by atoms with van der Waals surface area (Å²) in [6.45, 7) is 0.673. The van der Waals surface area contributed by atoms with E-state index in [9.17, 15) is 4.39 Å². The molecule has 0 N–H and O–H groups in total. The van der Waals surface area contributed by atoms with E-state index in [1.807, 2.05) is 6.08 Å². The smallest absolute Gasteiger partial charge is 0.126 e. The molecule has 11 heavy (non-hydrogen) atoms. The fourth-order valence-electron chi connectivity index (χ4n) is 0.982. The standard InChI is InChI=1S/C9H7FO/c10-8-3-1-7(2-4-8)9-5-6-11-9/h1-5H,6H2. The van der Waals surface area contributed by atoms with Crippen molar-refractivity contribution in [3.05, 3.63) is 41.7 Å². The summed E-state index contributed by atoms with van der Waals surface area (Å²) >= 11 is 0. The van der Waals surface area contributed by atoms with Gasteiger partial charge in [0, 0.05) is 5.56 Å². The van der Waals surface area contributed by atoms with Crippen molar-refractivity contribution in [2.24, 2.45) is 0 Å². The van der Waals surface area contributed by atoms with Crippen LogP contribution in [0.3, 0.4) is 0 Å². The Morgan fingerprint density at radius 2 is 1.82 bits per heavy atom. The van der Waals surface area contributed by atoms with Crippen LogP contribution in [0.15, 0.2) is 30.3 Å². The van der Waals surface area contributed by atoms with Gasteiger partial charge in [-0.3, -0.25) is 0 Å². The van der Waals surface area contributed by atoms with Crippen LogP contribution in [-0.4, -0.2) is 6.61 Å². The lowest BCUT2D eigenvalue weighted by atomic mass is 10.1. The molecular weight excluding hydrogens is 143 g/mol. The van der Waals surface area contributed by atoms with Crippen molar-refractivity contribution in [1.29, 1.82) is 0 Å². The number of halogens is 1. The number of hydrogen-bond donors (Lipinski definition) is 0. The molecule has 1 aromatic rings. The first-order chi connectivity index (χ1) is 5.36. The minimum absolute atomic E-state index is 0.214. The Bertz CT molecular complexity index is 287. The van der Waals surface area contributed by atoms with E-state index in [1.54, 1.807) is 12.1 Å². The summed E-state index contributed by atoms with van der Waals surface area (Å²) in [6, 6.07) is 6.27. The third-order valence-electron chi connectivity index (χ3n) is 1.64. The zero-order valence-corrected chi connectivity index (χ0v) is 5.88. The molecule has 2 heteroatoms. The molecule has 1 aromatic carbocycles. The van der Waals surface area contributed by atoms with Crippen molar-refractivity contribution < 1.29 is 9.13 Å². The van der Waals surface area contributed by atoms with Crippen molar-refractivity contribution in [2.45, 2.75) is 0 Å². The van der Waals surface area contributed by atoms with Crippen LogP contribution < -0.4 is 0 Å². The zero-order valence-electron chi connectivity index (χ0n) is 5.88. The van der Waals surface area contributed by atoms with Crippen molar-refractivity contribution in [3.63, 3.8) is 0 Å². The molecule has 0 spiro atoms. The summed E-state index contributed by atoms with van der Waals surface area (Å²) < 4.78 is 17.5. The largest absolute Gasteiger partial charge is 0.489 e. The van der Waals surface area contributed by atoms with Crippen LogP contribution in [0.25, 0.3) is 5.76 Å². The third-order valence-corrected chi connectivity index (χ3v) is 1.64. The highest BCUT2D eigenvalue weighted by molar-refractivity contribution is 5.62. The number of ether oxygens (including phenoxy) is 1. The number of hydrogen-bond acceptors (Lipinski definition) is 1. The van der Waals surface area contributed by atoms with E-state index in [2.05, 4.69) is 0 Å². The van der Waals surface area contributed by atoms with Crippen molar-refractivity contribution in [3.8, 4) is 0 Å². The van der Waals surface area contributed by atoms with Gasteiger partial charge in [-0.2, -0.15) is 0 Å². The molecule has 0 saturated carbocycles. The van der Waals surface area contributed by atoms with Crippen LogP contribution >= 0.6 is 0 Å². The average Bonchev–Trinajstić information content (AvgIpc) is 1.90. The summed E-state index contributed by atoms with van der Waals surface area (Å²) in [4.78, 5) is 0. The summed E-state index contributed by atoms with van der Waals surface area (Å²) in [5, 5.41) is 0. The van der Waals surface area contributed by atoms with Gasteiger partial charge in [-0.05, 0) is 30.3 Å². The lowest BCUT2D eigenvalue weighted by Crippen LogP contribution is -2.02. The molecule has 0 radical (unpaired) electrons. The van der Waals surface area contributed by atoms with Crippen LogP contribution in [0.1, 0.15) is 5.56 Å². The van der Waals surface area contributed by atoms with Crippen LogP contribution in [0.4, 0.5) is 4.39 Å². The Hall–Kier alpha value is -1.31. The topological polar surface area (TPSA) is 9.23 Å². The van der Waals surface area contributed by atoms with E-state index in [0.717, 1.165) is 11.3 Å². The Morgan fingerprint density at radius 1 is 1.18 bits per heavy atom. The van der Waals surface area contributed by atoms with E-state index in [1.165, 1.54) is 12.1 Å². The highest BCUT2D eigenvalue weighted by atomic mass is 19.1. The molecule has 0 saturated heterocycles. The number of rotatable bonds is 1. The molecule has 0 bridgehead atoms. The van der Waals surface area contributed by atoms with Gasteiger partial charge in [-0.1, -0.05) is 0 Å². The van der Waals surface area contributed by atoms with Gasteiger partial charge in [0.15, 0.2) is 0 Å². The minimum atomic E-state index is -0.214. The van der Waals surface area contributed by atoms with Gasteiger partial charge in [0.1, 0.15) is 18.2 Å². The second kappa shape index (κ2) is 2.38. The van der Waals surface area contributed by atoms with Crippen molar-refractivity contribution >= 4 is 5.76 Å². The van der Waals surface area contributed by atoms with Crippen LogP contribution in [-0.2, 0) is 4.74 Å². The predicted molar refractivity (Wildman–Crippen MR) is 40.3 cm³/mol. The second-order valence-corrected chi connectivity index (χ2v) is 2.39. The molecule has 1 aliphatic rings. The van der Waals surface area contributed by atoms with E-state index in [0.29, 0.717) is 6.61 Å². The maximum absolute atomic E-state index is 12.4. The SMILES string of the molecule is Fc1ccc(C2=CCO2)cc1. The van der Waals surface area contributed by atoms with E-state index in [-0.39, 0.29) is 5.82 Å². The normalized spacial score (nSPS) is 14.8. The number of benzene rings is 1. The van der Waals surface area contributed by atoms with E-state index >= 15 is 0 Å². The minimum Gasteiger partial charge on any atom is -0.489 e. The first-order valence-corrected chi connectivity index (χ1v) is 3.45. The molecule has 56 valence electrons. The van der Waals surface area contributed by atoms with Crippen molar-refractivity contribution in [1.82, 2.24) is 0 Å². The highest BCUT2D eigenvalue weighted by Crippen LogP contribution is 2.21. The first kappa shape index (κ1) is 6.40. The molecule has 2 rings (SSSR count). The average molecular weight is 150 g/mol. The van der Waals surface area contributed by atoms with Gasteiger partial charge < -0.3 is 4.74 Å². The molecule has 0 fully saturated rings. The van der Waals surface area contributed by atoms with Gasteiger partial charge in [-0.15, -0.1) is 0 Å². The first-order valence-electron chi connectivity index (χ1n) is 3.45. The lowest BCUT2D eigenvalue weighted by molar-refractivity contribution is 0.277. The third kappa shape index (κ3) is 1.11. The van der Waals surface area contributed by atoms with Crippen molar-refractivity contribution in [2.75, 3.05) is 6.61 Å². The van der Waals surface area contributed by atoms with Gasteiger partial charge >= 0.3 is 0 Å². The Morgan fingerprint density at radius 3 is 2.27 bits per heavy atom. The molecule has 1 aliphatic heterocycles. The monoisotopic (exact) mass is 150 g/mol.